The Bertz CT molecular complexity index is 1690. The van der Waals surface area contributed by atoms with Gasteiger partial charge in [-0.05, 0) is 71.2 Å². The second kappa shape index (κ2) is 7.81. The van der Waals surface area contributed by atoms with Crippen LogP contribution in [0.4, 0.5) is 13.2 Å². The molecule has 6 rings (SSSR count). The molecule has 188 valence electrons. The molecule has 0 spiro atoms. The van der Waals surface area contributed by atoms with Crippen LogP contribution in [-0.4, -0.2) is 23.6 Å². The van der Waals surface area contributed by atoms with Gasteiger partial charge in [0.25, 0.3) is 0 Å². The third-order valence-corrected chi connectivity index (χ3v) is 11.4. The molecule has 37 heavy (non-hydrogen) atoms. The molecule has 0 fully saturated rings. The van der Waals surface area contributed by atoms with Crippen molar-refractivity contribution in [2.45, 2.75) is 46.5 Å². The smallest absolute Gasteiger partial charge is 0.362 e. The number of nitrogens with zero attached hydrogens (tertiary/aromatic N) is 2. The third-order valence-electron chi connectivity index (χ3n) is 8.13. The highest BCUT2D eigenvalue weighted by Gasteiger charge is 2.47. The number of hydrogen-bond donors (Lipinski definition) is 0. The lowest BCUT2D eigenvalue weighted by atomic mass is 9.85. The van der Waals surface area contributed by atoms with E-state index in [9.17, 15) is 13.2 Å². The Morgan fingerprint density at radius 2 is 1.54 bits per heavy atom. The number of fused-ring (bicyclic) bond motifs is 3. The largest absolute Gasteiger partial charge is 0.394 e. The molecule has 0 saturated heterocycles. The van der Waals surface area contributed by atoms with Gasteiger partial charge in [0.15, 0.2) is 8.24 Å². The Labute approximate surface area is 215 Å². The number of pyridine rings is 1. The quantitative estimate of drug-likeness (QED) is 0.222. The van der Waals surface area contributed by atoms with Gasteiger partial charge in [0, 0.05) is 22.8 Å². The summed E-state index contributed by atoms with van der Waals surface area (Å²) < 4.78 is 43.0. The van der Waals surface area contributed by atoms with Crippen molar-refractivity contribution in [2.75, 3.05) is 0 Å². The first-order chi connectivity index (χ1) is 17.4. The van der Waals surface area contributed by atoms with Crippen LogP contribution >= 0.6 is 0 Å². The summed E-state index contributed by atoms with van der Waals surface area (Å²) in [6.07, 6.45) is -2.41. The number of aromatic nitrogens is 2. The molecule has 0 N–H and O–H groups in total. The fourth-order valence-electron chi connectivity index (χ4n) is 5.95. The molecule has 2 aromatic heterocycles. The number of rotatable bonds is 3. The number of halogens is 3. The summed E-state index contributed by atoms with van der Waals surface area (Å²) >= 11 is 0. The van der Waals surface area contributed by atoms with E-state index in [-0.39, 0.29) is 6.42 Å². The van der Waals surface area contributed by atoms with E-state index in [2.05, 4.69) is 66.7 Å². The standard InChI is InChI=1S/C31H29F3N2Si/c1-19-24-14-15-35-27-25-16-22-8-6-7-9-23(22)17-26(25)37(4,5)36(29(24)27)28(19)21-12-10-20(11-13-21)18-30(2,3)31(32,33)34/h6-17H,18H2,1-5H3. The molecule has 1 aliphatic rings. The van der Waals surface area contributed by atoms with E-state index in [4.69, 9.17) is 4.98 Å². The molecule has 0 aliphatic carbocycles. The van der Waals surface area contributed by atoms with Gasteiger partial charge in [-0.25, -0.2) is 0 Å². The summed E-state index contributed by atoms with van der Waals surface area (Å²) in [7, 11) is -2.23. The fourth-order valence-corrected chi connectivity index (χ4v) is 9.19. The van der Waals surface area contributed by atoms with Crippen LogP contribution in [0.2, 0.25) is 13.1 Å². The van der Waals surface area contributed by atoms with Crippen molar-refractivity contribution in [1.29, 1.82) is 0 Å². The zero-order valence-electron chi connectivity index (χ0n) is 21.7. The van der Waals surface area contributed by atoms with Gasteiger partial charge in [0.1, 0.15) is 0 Å². The zero-order valence-corrected chi connectivity index (χ0v) is 22.7. The maximum Gasteiger partial charge on any atom is 0.394 e. The maximum atomic E-state index is 13.5. The molecule has 5 aromatic rings. The van der Waals surface area contributed by atoms with Crippen molar-refractivity contribution in [3.05, 3.63) is 84.1 Å². The average Bonchev–Trinajstić information content (AvgIpc) is 3.15. The second-order valence-corrected chi connectivity index (χ2v) is 15.5. The van der Waals surface area contributed by atoms with E-state index in [1.807, 2.05) is 30.5 Å². The van der Waals surface area contributed by atoms with Crippen LogP contribution in [0.3, 0.4) is 0 Å². The van der Waals surface area contributed by atoms with Gasteiger partial charge < -0.3 is 4.23 Å². The Hall–Kier alpha value is -3.38. The molecule has 0 atom stereocenters. The van der Waals surface area contributed by atoms with Crippen LogP contribution in [0, 0.1) is 12.3 Å². The van der Waals surface area contributed by atoms with E-state index in [1.54, 1.807) is 0 Å². The molecule has 3 heterocycles. The molecule has 0 unspecified atom stereocenters. The van der Waals surface area contributed by atoms with Crippen molar-refractivity contribution in [3.8, 4) is 22.5 Å². The fraction of sp³-hybridized carbons (Fsp3) is 0.258. The summed E-state index contributed by atoms with van der Waals surface area (Å²) in [6, 6.07) is 22.8. The summed E-state index contributed by atoms with van der Waals surface area (Å²) in [5.41, 5.74) is 5.64. The monoisotopic (exact) mass is 514 g/mol. The Morgan fingerprint density at radius 1 is 0.892 bits per heavy atom. The van der Waals surface area contributed by atoms with E-state index in [0.717, 1.165) is 22.5 Å². The van der Waals surface area contributed by atoms with Crippen molar-refractivity contribution in [2.24, 2.45) is 5.41 Å². The lowest BCUT2D eigenvalue weighted by Crippen LogP contribution is -2.52. The molecule has 3 aromatic carbocycles. The van der Waals surface area contributed by atoms with Crippen molar-refractivity contribution in [3.63, 3.8) is 0 Å². The van der Waals surface area contributed by atoms with E-state index >= 15 is 0 Å². The lowest BCUT2D eigenvalue weighted by molar-refractivity contribution is -0.211. The predicted molar refractivity (Wildman–Crippen MR) is 149 cm³/mol. The van der Waals surface area contributed by atoms with Crippen LogP contribution in [0.15, 0.2) is 72.9 Å². The zero-order chi connectivity index (χ0) is 26.3. The minimum Gasteiger partial charge on any atom is -0.362 e. The normalized spacial score (nSPS) is 14.8. The Kier molecular flexibility index (Phi) is 5.06. The number of benzene rings is 3. The van der Waals surface area contributed by atoms with Crippen LogP contribution in [0.25, 0.3) is 44.2 Å². The van der Waals surface area contributed by atoms with E-state index in [0.29, 0.717) is 5.56 Å². The summed E-state index contributed by atoms with van der Waals surface area (Å²) in [6.45, 7) is 9.42. The van der Waals surface area contributed by atoms with Gasteiger partial charge in [-0.3, -0.25) is 4.98 Å². The highest BCUT2D eigenvalue weighted by molar-refractivity contribution is 6.91. The lowest BCUT2D eigenvalue weighted by Gasteiger charge is -2.35. The van der Waals surface area contributed by atoms with Gasteiger partial charge in [-0.1, -0.05) is 68.4 Å². The van der Waals surface area contributed by atoms with Crippen LogP contribution < -0.4 is 5.19 Å². The molecule has 0 saturated carbocycles. The number of hydrogen-bond acceptors (Lipinski definition) is 1. The molecule has 0 radical (unpaired) electrons. The SMILES string of the molecule is Cc1c(-c2ccc(CC(C)(C)C(F)(F)F)cc2)n2c3c(nccc13)-c1cc3ccccc3cc1[Si]2(C)C. The Balaban J connectivity index is 1.55. The molecule has 6 heteroatoms. The minimum absolute atomic E-state index is 0.0481. The molecule has 1 aliphatic heterocycles. The third kappa shape index (κ3) is 3.49. The van der Waals surface area contributed by atoms with Gasteiger partial charge in [0.05, 0.1) is 16.6 Å². The average molecular weight is 515 g/mol. The van der Waals surface area contributed by atoms with Crippen LogP contribution in [-0.2, 0) is 6.42 Å². The van der Waals surface area contributed by atoms with Gasteiger partial charge >= 0.3 is 6.18 Å². The molecule has 0 amide bonds. The molecule has 0 bridgehead atoms. The maximum absolute atomic E-state index is 13.5. The van der Waals surface area contributed by atoms with Gasteiger partial charge in [0.2, 0.25) is 0 Å². The Morgan fingerprint density at radius 3 is 2.19 bits per heavy atom. The van der Waals surface area contributed by atoms with E-state index in [1.165, 1.54) is 46.3 Å². The second-order valence-electron chi connectivity index (χ2n) is 11.4. The van der Waals surface area contributed by atoms with Crippen molar-refractivity contribution in [1.82, 2.24) is 9.22 Å². The highest BCUT2D eigenvalue weighted by Crippen LogP contribution is 2.44. The van der Waals surface area contributed by atoms with Crippen LogP contribution in [0.1, 0.15) is 25.0 Å². The molecule has 2 nitrogen and oxygen atoms in total. The predicted octanol–water partition coefficient (Wildman–Crippen LogP) is 8.24. The van der Waals surface area contributed by atoms with Crippen molar-refractivity contribution >= 4 is 35.1 Å². The van der Waals surface area contributed by atoms with Gasteiger partial charge in [-0.2, -0.15) is 13.2 Å². The summed E-state index contributed by atoms with van der Waals surface area (Å²) in [4.78, 5) is 4.87. The topological polar surface area (TPSA) is 17.8 Å². The molecular formula is C31H29F3N2Si. The first kappa shape index (κ1) is 24.0. The van der Waals surface area contributed by atoms with Gasteiger partial charge in [-0.15, -0.1) is 0 Å². The first-order valence-corrected chi connectivity index (χ1v) is 15.5. The van der Waals surface area contributed by atoms with Crippen molar-refractivity contribution < 1.29 is 13.2 Å². The first-order valence-electron chi connectivity index (χ1n) is 12.6. The summed E-state index contributed by atoms with van der Waals surface area (Å²) in [5.74, 6) is 0. The van der Waals surface area contributed by atoms with E-state index < -0.39 is 19.8 Å². The molecular weight excluding hydrogens is 485 g/mol. The highest BCUT2D eigenvalue weighted by atomic mass is 28.3. The number of aryl methyl sites for hydroxylation is 1. The summed E-state index contributed by atoms with van der Waals surface area (Å²) in [5, 5.41) is 4.96. The minimum atomic E-state index is -4.25. The number of alkyl halides is 3. The van der Waals surface area contributed by atoms with Crippen LogP contribution in [0.5, 0.6) is 0 Å².